The van der Waals surface area contributed by atoms with Gasteiger partial charge in [-0.1, -0.05) is 18.9 Å². The lowest BCUT2D eigenvalue weighted by Crippen LogP contribution is -2.33. The molecule has 0 unspecified atom stereocenters. The number of pyridine rings is 1. The number of nitrogens with zero attached hydrogens (tertiary/aromatic N) is 3. The zero-order valence-corrected chi connectivity index (χ0v) is 13.7. The molecule has 0 radical (unpaired) electrons. The fourth-order valence-corrected chi connectivity index (χ4v) is 4.02. The number of rotatable bonds is 3. The van der Waals surface area contributed by atoms with Crippen LogP contribution in [0.1, 0.15) is 60.9 Å². The Morgan fingerprint density at radius 3 is 2.78 bits per heavy atom. The largest absolute Gasteiger partial charge is 0.348 e. The van der Waals surface area contributed by atoms with Gasteiger partial charge in [-0.15, -0.1) is 0 Å². The summed E-state index contributed by atoms with van der Waals surface area (Å²) in [6.45, 7) is 1.09. The van der Waals surface area contributed by atoms with Crippen molar-refractivity contribution >= 4 is 11.4 Å². The van der Waals surface area contributed by atoms with Gasteiger partial charge in [-0.05, 0) is 51.4 Å². The van der Waals surface area contributed by atoms with Crippen LogP contribution in [0.4, 0.5) is 0 Å². The van der Waals surface area contributed by atoms with E-state index < -0.39 is 0 Å². The molecule has 1 saturated heterocycles. The Labute approximate surface area is 136 Å². The summed E-state index contributed by atoms with van der Waals surface area (Å²) in [6, 6.07) is 6.60. The highest BCUT2D eigenvalue weighted by Gasteiger charge is 2.29. The molecule has 122 valence electrons. The third-order valence-corrected chi connectivity index (χ3v) is 5.30. The number of fused-ring (bicyclic) bond motifs is 1. The summed E-state index contributed by atoms with van der Waals surface area (Å²) < 4.78 is 2.09. The number of carbonyl (C=O) groups is 1. The molecule has 5 nitrogen and oxygen atoms in total. The molecule has 1 atom stereocenters. The van der Waals surface area contributed by atoms with E-state index in [1.807, 2.05) is 24.4 Å². The van der Waals surface area contributed by atoms with Crippen molar-refractivity contribution in [3.8, 4) is 0 Å². The summed E-state index contributed by atoms with van der Waals surface area (Å²) in [7, 11) is 2.14. The molecule has 0 aromatic carbocycles. The van der Waals surface area contributed by atoms with Crippen LogP contribution < -0.4 is 5.32 Å². The van der Waals surface area contributed by atoms with E-state index in [-0.39, 0.29) is 5.91 Å². The van der Waals surface area contributed by atoms with Crippen molar-refractivity contribution < 1.29 is 4.79 Å². The van der Waals surface area contributed by atoms with Gasteiger partial charge in [0.25, 0.3) is 5.91 Å². The molecule has 0 bridgehead atoms. The second kappa shape index (κ2) is 5.96. The Hall–Kier alpha value is -1.88. The molecule has 2 fully saturated rings. The second-order valence-corrected chi connectivity index (χ2v) is 6.87. The number of aromatic nitrogens is 2. The molecular weight excluding hydrogens is 288 g/mol. The maximum Gasteiger partial charge on any atom is 0.272 e. The van der Waals surface area contributed by atoms with Crippen molar-refractivity contribution in [2.75, 3.05) is 13.6 Å². The summed E-state index contributed by atoms with van der Waals surface area (Å²) in [6.07, 6.45) is 8.93. The number of likely N-dealkylation sites (tertiary alicyclic amines) is 1. The Bertz CT molecular complexity index is 717. The fraction of sp³-hybridized carbons (Fsp3) is 0.556. The lowest BCUT2D eigenvalue weighted by Gasteiger charge is -2.17. The van der Waals surface area contributed by atoms with Crippen LogP contribution in [0.5, 0.6) is 0 Å². The maximum absolute atomic E-state index is 12.7. The number of nitrogens with one attached hydrogen (secondary N) is 1. The van der Waals surface area contributed by atoms with Crippen LogP contribution >= 0.6 is 0 Å². The van der Waals surface area contributed by atoms with Gasteiger partial charge < -0.3 is 9.72 Å². The molecule has 1 saturated carbocycles. The molecule has 1 aliphatic heterocycles. The van der Waals surface area contributed by atoms with E-state index >= 15 is 0 Å². The van der Waals surface area contributed by atoms with Crippen molar-refractivity contribution in [3.63, 3.8) is 0 Å². The molecule has 5 heteroatoms. The first-order valence-corrected chi connectivity index (χ1v) is 8.72. The standard InChI is InChI=1S/C18H24N4O/c1-21-11-6-10-15(21)17-20-16(14-9-4-5-12-22(14)17)18(23)19-13-7-2-3-8-13/h4-5,9,12-13,15H,2-3,6-8,10-11H2,1H3,(H,19,23)/t15-/m1/s1. The smallest absolute Gasteiger partial charge is 0.272 e. The van der Waals surface area contributed by atoms with E-state index in [0.717, 1.165) is 37.1 Å². The van der Waals surface area contributed by atoms with Gasteiger partial charge in [0.2, 0.25) is 0 Å². The summed E-state index contributed by atoms with van der Waals surface area (Å²) in [4.78, 5) is 19.8. The maximum atomic E-state index is 12.7. The molecule has 1 N–H and O–H groups in total. The summed E-state index contributed by atoms with van der Waals surface area (Å²) >= 11 is 0. The van der Waals surface area contributed by atoms with Crippen LogP contribution in [0.15, 0.2) is 24.4 Å². The molecule has 1 aliphatic carbocycles. The van der Waals surface area contributed by atoms with Crippen molar-refractivity contribution in [3.05, 3.63) is 35.9 Å². The van der Waals surface area contributed by atoms with E-state index in [9.17, 15) is 4.79 Å². The average Bonchev–Trinajstić information content (AvgIpc) is 3.26. The second-order valence-electron chi connectivity index (χ2n) is 6.87. The number of hydrogen-bond acceptors (Lipinski definition) is 3. The van der Waals surface area contributed by atoms with Crippen LogP contribution in [0, 0.1) is 0 Å². The number of hydrogen-bond donors (Lipinski definition) is 1. The van der Waals surface area contributed by atoms with Gasteiger partial charge in [-0.25, -0.2) is 4.98 Å². The van der Waals surface area contributed by atoms with Gasteiger partial charge in [0, 0.05) is 12.2 Å². The highest BCUT2D eigenvalue weighted by molar-refractivity contribution is 5.99. The zero-order valence-electron chi connectivity index (χ0n) is 13.7. The lowest BCUT2D eigenvalue weighted by molar-refractivity contribution is 0.0934. The highest BCUT2D eigenvalue weighted by Crippen LogP contribution is 2.31. The fourth-order valence-electron chi connectivity index (χ4n) is 4.02. The molecule has 2 aromatic rings. The number of carbonyl (C=O) groups excluding carboxylic acids is 1. The van der Waals surface area contributed by atoms with Crippen molar-refractivity contribution in [1.29, 1.82) is 0 Å². The first-order chi connectivity index (χ1) is 11.2. The van der Waals surface area contributed by atoms with Crippen LogP contribution in [0.2, 0.25) is 0 Å². The van der Waals surface area contributed by atoms with Gasteiger partial charge in [0.05, 0.1) is 11.6 Å². The first kappa shape index (κ1) is 14.7. The van der Waals surface area contributed by atoms with Crippen molar-refractivity contribution in [2.45, 2.75) is 50.6 Å². The Morgan fingerprint density at radius 2 is 2.04 bits per heavy atom. The molecule has 0 spiro atoms. The van der Waals surface area contributed by atoms with Gasteiger partial charge in [0.15, 0.2) is 5.69 Å². The monoisotopic (exact) mass is 312 g/mol. The van der Waals surface area contributed by atoms with Gasteiger partial charge in [-0.2, -0.15) is 0 Å². The Balaban J connectivity index is 1.70. The molecule has 2 aliphatic rings. The summed E-state index contributed by atoms with van der Waals surface area (Å²) in [5, 5.41) is 3.17. The first-order valence-electron chi connectivity index (χ1n) is 8.72. The van der Waals surface area contributed by atoms with Crippen LogP contribution in [-0.2, 0) is 0 Å². The number of imidazole rings is 1. The molecular formula is C18H24N4O. The molecule has 2 aromatic heterocycles. The Kier molecular flexibility index (Phi) is 3.81. The lowest BCUT2D eigenvalue weighted by atomic mass is 10.2. The minimum atomic E-state index is -0.0208. The molecule has 4 rings (SSSR count). The third kappa shape index (κ3) is 2.63. The minimum Gasteiger partial charge on any atom is -0.348 e. The normalized spacial score (nSPS) is 22.9. The van der Waals surface area contributed by atoms with Crippen LogP contribution in [0.3, 0.4) is 0 Å². The zero-order chi connectivity index (χ0) is 15.8. The molecule has 1 amide bonds. The van der Waals surface area contributed by atoms with Crippen LogP contribution in [-0.4, -0.2) is 39.8 Å². The topological polar surface area (TPSA) is 49.6 Å². The highest BCUT2D eigenvalue weighted by atomic mass is 16.2. The number of amides is 1. The van der Waals surface area contributed by atoms with Crippen LogP contribution in [0.25, 0.3) is 5.52 Å². The van der Waals surface area contributed by atoms with E-state index in [0.29, 0.717) is 17.8 Å². The molecule has 23 heavy (non-hydrogen) atoms. The van der Waals surface area contributed by atoms with E-state index in [1.165, 1.54) is 19.3 Å². The predicted molar refractivity (Wildman–Crippen MR) is 89.5 cm³/mol. The van der Waals surface area contributed by atoms with Crippen molar-refractivity contribution in [2.24, 2.45) is 0 Å². The average molecular weight is 312 g/mol. The van der Waals surface area contributed by atoms with Gasteiger partial charge in [0.1, 0.15) is 5.82 Å². The molecule has 3 heterocycles. The van der Waals surface area contributed by atoms with E-state index in [1.54, 1.807) is 0 Å². The summed E-state index contributed by atoms with van der Waals surface area (Å²) in [5.74, 6) is 0.977. The quantitative estimate of drug-likeness (QED) is 0.948. The third-order valence-electron chi connectivity index (χ3n) is 5.30. The van der Waals surface area contributed by atoms with Gasteiger partial charge in [-0.3, -0.25) is 9.69 Å². The minimum absolute atomic E-state index is 0.0208. The van der Waals surface area contributed by atoms with E-state index in [2.05, 4.69) is 21.7 Å². The SMILES string of the molecule is CN1CCC[C@@H]1c1nc(C(=O)NC2CCCC2)c2ccccn12. The van der Waals surface area contributed by atoms with Gasteiger partial charge >= 0.3 is 0 Å². The summed E-state index contributed by atoms with van der Waals surface area (Å²) in [5.41, 5.74) is 1.49. The Morgan fingerprint density at radius 1 is 1.22 bits per heavy atom. The van der Waals surface area contributed by atoms with Crippen molar-refractivity contribution in [1.82, 2.24) is 19.6 Å². The van der Waals surface area contributed by atoms with E-state index in [4.69, 9.17) is 4.98 Å². The predicted octanol–water partition coefficient (Wildman–Crippen LogP) is 2.77.